The maximum atomic E-state index is 13.6. The van der Waals surface area contributed by atoms with Crippen LogP contribution in [0.15, 0.2) is 18.2 Å². The summed E-state index contributed by atoms with van der Waals surface area (Å²) in [6.07, 6.45) is 1.88. The summed E-state index contributed by atoms with van der Waals surface area (Å²) in [5.41, 5.74) is -0.301. The van der Waals surface area contributed by atoms with Crippen molar-refractivity contribution in [3.8, 4) is 0 Å². The molecule has 0 aliphatic heterocycles. The van der Waals surface area contributed by atoms with E-state index in [9.17, 15) is 14.0 Å². The minimum atomic E-state index is -1.22. The van der Waals surface area contributed by atoms with E-state index in [4.69, 9.17) is 5.11 Å². The van der Waals surface area contributed by atoms with Crippen molar-refractivity contribution in [1.29, 1.82) is 0 Å². The summed E-state index contributed by atoms with van der Waals surface area (Å²) >= 11 is 0. The predicted octanol–water partition coefficient (Wildman–Crippen LogP) is 2.69. The molecule has 0 heterocycles. The molecule has 0 aliphatic rings. The second-order valence-electron chi connectivity index (χ2n) is 4.39. The van der Waals surface area contributed by atoms with Crippen LogP contribution >= 0.6 is 0 Å². The summed E-state index contributed by atoms with van der Waals surface area (Å²) in [4.78, 5) is 22.4. The van der Waals surface area contributed by atoms with Crippen LogP contribution in [0.1, 0.15) is 47.4 Å². The highest BCUT2D eigenvalue weighted by atomic mass is 19.1. The monoisotopic (exact) mass is 267 g/mol. The predicted molar refractivity (Wildman–Crippen MR) is 69.8 cm³/mol. The van der Waals surface area contributed by atoms with Gasteiger partial charge in [0.1, 0.15) is 5.82 Å². The van der Waals surface area contributed by atoms with E-state index < -0.39 is 17.7 Å². The van der Waals surface area contributed by atoms with Gasteiger partial charge in [0, 0.05) is 6.54 Å². The maximum absolute atomic E-state index is 13.6. The lowest BCUT2D eigenvalue weighted by Crippen LogP contribution is -2.29. The minimum Gasteiger partial charge on any atom is -0.478 e. The fourth-order valence-electron chi connectivity index (χ4n) is 1.74. The Labute approximate surface area is 111 Å². The smallest absolute Gasteiger partial charge is 0.335 e. The molecule has 5 heteroatoms. The molecule has 1 aromatic carbocycles. The number of carboxylic acid groups (broad SMARTS) is 1. The maximum Gasteiger partial charge on any atom is 0.335 e. The van der Waals surface area contributed by atoms with Gasteiger partial charge in [-0.1, -0.05) is 26.7 Å². The highest BCUT2D eigenvalue weighted by Crippen LogP contribution is 2.11. The third kappa shape index (κ3) is 4.05. The number of carbonyl (C=O) groups excluding carboxylic acids is 1. The van der Waals surface area contributed by atoms with Crippen molar-refractivity contribution in [2.75, 3.05) is 6.54 Å². The van der Waals surface area contributed by atoms with Crippen molar-refractivity contribution < 1.29 is 19.1 Å². The molecule has 0 radical (unpaired) electrons. The topological polar surface area (TPSA) is 66.4 Å². The van der Waals surface area contributed by atoms with Gasteiger partial charge in [-0.15, -0.1) is 0 Å². The number of carboxylic acids is 1. The Bertz CT molecular complexity index is 470. The van der Waals surface area contributed by atoms with Crippen molar-refractivity contribution in [2.24, 2.45) is 5.92 Å². The number of rotatable bonds is 6. The second-order valence-corrected chi connectivity index (χ2v) is 4.39. The number of nitrogens with one attached hydrogen (secondary N) is 1. The van der Waals surface area contributed by atoms with Crippen LogP contribution in [-0.2, 0) is 0 Å². The molecule has 104 valence electrons. The summed E-state index contributed by atoms with van der Waals surface area (Å²) in [7, 11) is 0. The zero-order valence-electron chi connectivity index (χ0n) is 11.1. The molecule has 0 saturated carbocycles. The minimum absolute atomic E-state index is 0.129. The van der Waals surface area contributed by atoms with Gasteiger partial charge in [-0.3, -0.25) is 4.79 Å². The quantitative estimate of drug-likeness (QED) is 0.832. The molecular formula is C14H18FNO3. The van der Waals surface area contributed by atoms with Crippen molar-refractivity contribution in [3.63, 3.8) is 0 Å². The number of hydrogen-bond donors (Lipinski definition) is 2. The summed E-state index contributed by atoms with van der Waals surface area (Å²) in [6.45, 7) is 4.55. The van der Waals surface area contributed by atoms with Crippen molar-refractivity contribution in [1.82, 2.24) is 5.32 Å². The largest absolute Gasteiger partial charge is 0.478 e. The molecule has 0 aromatic heterocycles. The Morgan fingerprint density at radius 3 is 2.42 bits per heavy atom. The number of amides is 1. The van der Waals surface area contributed by atoms with Crippen LogP contribution in [0.25, 0.3) is 0 Å². The summed E-state index contributed by atoms with van der Waals surface area (Å²) in [5.74, 6) is -2.18. The molecule has 1 aromatic rings. The number of hydrogen-bond acceptors (Lipinski definition) is 2. The number of carbonyl (C=O) groups is 2. The second kappa shape index (κ2) is 6.87. The van der Waals surface area contributed by atoms with Crippen molar-refractivity contribution in [2.45, 2.75) is 26.7 Å². The van der Waals surface area contributed by atoms with Gasteiger partial charge in [0.15, 0.2) is 0 Å². The number of halogens is 1. The molecule has 0 aliphatic carbocycles. The van der Waals surface area contributed by atoms with Gasteiger partial charge >= 0.3 is 5.97 Å². The standard InChI is InChI=1S/C14H18FNO3/c1-3-9(4-2)8-16-13(17)11-6-5-10(14(18)19)7-12(11)15/h5-7,9H,3-4,8H2,1-2H3,(H,16,17)(H,18,19). The van der Waals surface area contributed by atoms with Gasteiger partial charge in [-0.2, -0.15) is 0 Å². The van der Waals surface area contributed by atoms with Gasteiger partial charge in [0.05, 0.1) is 11.1 Å². The fourth-order valence-corrected chi connectivity index (χ4v) is 1.74. The third-order valence-corrected chi connectivity index (χ3v) is 3.17. The molecule has 1 amide bonds. The Balaban J connectivity index is 2.75. The lowest BCUT2D eigenvalue weighted by atomic mass is 10.0. The molecule has 4 nitrogen and oxygen atoms in total. The Morgan fingerprint density at radius 2 is 1.95 bits per heavy atom. The first-order valence-corrected chi connectivity index (χ1v) is 6.30. The summed E-state index contributed by atoms with van der Waals surface area (Å²) in [6, 6.07) is 3.27. The first-order valence-electron chi connectivity index (χ1n) is 6.30. The van der Waals surface area contributed by atoms with Crippen LogP contribution in [0.5, 0.6) is 0 Å². The molecule has 0 unspecified atom stereocenters. The van der Waals surface area contributed by atoms with Crippen LogP contribution in [-0.4, -0.2) is 23.5 Å². The van der Waals surface area contributed by atoms with E-state index in [2.05, 4.69) is 5.32 Å². The third-order valence-electron chi connectivity index (χ3n) is 3.17. The van der Waals surface area contributed by atoms with E-state index in [-0.39, 0.29) is 11.1 Å². The van der Waals surface area contributed by atoms with Gasteiger partial charge in [-0.05, 0) is 24.1 Å². The number of aromatic carboxylic acids is 1. The Kier molecular flexibility index (Phi) is 5.48. The molecule has 0 bridgehead atoms. The van der Waals surface area contributed by atoms with Crippen molar-refractivity contribution in [3.05, 3.63) is 35.1 Å². The highest BCUT2D eigenvalue weighted by Gasteiger charge is 2.15. The average molecular weight is 267 g/mol. The SMILES string of the molecule is CCC(CC)CNC(=O)c1ccc(C(=O)O)cc1F. The van der Waals surface area contributed by atoms with Gasteiger partial charge in [0.2, 0.25) is 0 Å². The zero-order valence-corrected chi connectivity index (χ0v) is 11.1. The number of benzene rings is 1. The normalized spacial score (nSPS) is 10.5. The lowest BCUT2D eigenvalue weighted by molar-refractivity contribution is 0.0695. The van der Waals surface area contributed by atoms with Crippen LogP contribution in [0, 0.1) is 11.7 Å². The van der Waals surface area contributed by atoms with Crippen LogP contribution in [0.4, 0.5) is 4.39 Å². The van der Waals surface area contributed by atoms with E-state index >= 15 is 0 Å². The van der Waals surface area contributed by atoms with E-state index in [0.717, 1.165) is 18.9 Å². The average Bonchev–Trinajstić information content (AvgIpc) is 2.39. The summed E-state index contributed by atoms with van der Waals surface area (Å²) in [5, 5.41) is 11.4. The van der Waals surface area contributed by atoms with Gasteiger partial charge in [-0.25, -0.2) is 9.18 Å². The summed E-state index contributed by atoms with van der Waals surface area (Å²) < 4.78 is 13.6. The zero-order chi connectivity index (χ0) is 14.4. The van der Waals surface area contributed by atoms with Crippen LogP contribution in [0.3, 0.4) is 0 Å². The Hall–Kier alpha value is -1.91. The van der Waals surface area contributed by atoms with E-state index in [1.807, 2.05) is 13.8 Å². The molecular weight excluding hydrogens is 249 g/mol. The van der Waals surface area contributed by atoms with E-state index in [1.54, 1.807) is 0 Å². The molecule has 0 atom stereocenters. The lowest BCUT2D eigenvalue weighted by Gasteiger charge is -2.13. The van der Waals surface area contributed by atoms with Crippen molar-refractivity contribution >= 4 is 11.9 Å². The Morgan fingerprint density at radius 1 is 1.32 bits per heavy atom. The first-order chi connectivity index (χ1) is 8.99. The molecule has 1 rings (SSSR count). The van der Waals surface area contributed by atoms with Crippen LogP contribution in [0.2, 0.25) is 0 Å². The fraction of sp³-hybridized carbons (Fsp3) is 0.429. The van der Waals surface area contributed by atoms with E-state index in [0.29, 0.717) is 12.5 Å². The molecule has 0 fully saturated rings. The molecule has 19 heavy (non-hydrogen) atoms. The van der Waals surface area contributed by atoms with Crippen LogP contribution < -0.4 is 5.32 Å². The first kappa shape index (κ1) is 15.1. The molecule has 2 N–H and O–H groups in total. The van der Waals surface area contributed by atoms with Gasteiger partial charge < -0.3 is 10.4 Å². The van der Waals surface area contributed by atoms with Gasteiger partial charge in [0.25, 0.3) is 5.91 Å². The molecule has 0 spiro atoms. The van der Waals surface area contributed by atoms with E-state index in [1.165, 1.54) is 12.1 Å². The highest BCUT2D eigenvalue weighted by molar-refractivity contribution is 5.96. The molecule has 0 saturated heterocycles.